The van der Waals surface area contributed by atoms with E-state index in [1.165, 1.54) is 77.0 Å². The summed E-state index contributed by atoms with van der Waals surface area (Å²) in [6.45, 7) is 4.63. The lowest BCUT2D eigenvalue weighted by molar-refractivity contribution is -0.161. The maximum atomic E-state index is 13.0. The summed E-state index contributed by atoms with van der Waals surface area (Å²) in [7, 11) is -9.94. The monoisotopic (exact) mass is 1390 g/mol. The molecule has 5 unspecified atom stereocenters. The third kappa shape index (κ3) is 68.8. The summed E-state index contributed by atoms with van der Waals surface area (Å²) in [4.78, 5) is 72.7. The standard InChI is InChI=1S/C77H136O17P2/c1-5-9-13-17-21-25-29-31-33-35-37-39-43-45-49-53-57-61-74(79)87-67-72(93-76(81)63-59-55-51-47-41-27-23-19-15-11-7-3)69-91-95(83,84)89-65-71(78)66-90-96(85,86)92-70-73(94-77(82)64-60-56-52-48-42-28-24-20-16-12-8-4)68-88-75(80)62-58-54-50-46-44-40-38-36-34-32-30-26-22-18-14-10-6-2/h9-10,13-14,21-22,25-26,31-34,37,39,71-73,78H,5-8,11-12,15-20,23-24,27-30,35-36,38,40-70H2,1-4H3,(H,83,84)(H,85,86)/b13-9-,14-10-,25-21-,26-22-,33-31-,34-32-,39-37-. The van der Waals surface area contributed by atoms with Crippen LogP contribution in [0.25, 0.3) is 0 Å². The van der Waals surface area contributed by atoms with Gasteiger partial charge in [0.05, 0.1) is 26.4 Å². The lowest BCUT2D eigenvalue weighted by Crippen LogP contribution is -2.30. The number of allylic oxidation sites excluding steroid dienone is 14. The van der Waals surface area contributed by atoms with E-state index >= 15 is 0 Å². The Labute approximate surface area is 583 Å². The first-order chi connectivity index (χ1) is 46.7. The molecule has 0 bridgehead atoms. The van der Waals surface area contributed by atoms with Crippen LogP contribution in [-0.4, -0.2) is 96.7 Å². The quantitative estimate of drug-likeness (QED) is 0.0169. The molecule has 0 aliphatic rings. The molecule has 17 nitrogen and oxygen atoms in total. The second-order valence-corrected chi connectivity index (χ2v) is 28.1. The molecule has 96 heavy (non-hydrogen) atoms. The molecule has 0 heterocycles. The van der Waals surface area contributed by atoms with E-state index < -0.39 is 97.5 Å². The summed E-state index contributed by atoms with van der Waals surface area (Å²) >= 11 is 0. The molecule has 0 radical (unpaired) electrons. The van der Waals surface area contributed by atoms with Crippen molar-refractivity contribution >= 4 is 39.5 Å². The van der Waals surface area contributed by atoms with Crippen molar-refractivity contribution in [2.24, 2.45) is 0 Å². The van der Waals surface area contributed by atoms with E-state index in [4.69, 9.17) is 37.0 Å². The molecule has 0 aliphatic heterocycles. The van der Waals surface area contributed by atoms with Crippen LogP contribution in [0.5, 0.6) is 0 Å². The van der Waals surface area contributed by atoms with Crippen LogP contribution in [0.4, 0.5) is 0 Å². The van der Waals surface area contributed by atoms with Gasteiger partial charge < -0.3 is 33.8 Å². The first-order valence-corrected chi connectivity index (χ1v) is 40.8. The van der Waals surface area contributed by atoms with E-state index in [1.54, 1.807) is 0 Å². The van der Waals surface area contributed by atoms with Gasteiger partial charge in [-0.05, 0) is 96.3 Å². The summed E-state index contributed by atoms with van der Waals surface area (Å²) < 4.78 is 68.4. The molecule has 0 saturated carbocycles. The molecule has 0 aromatic carbocycles. The summed E-state index contributed by atoms with van der Waals surface area (Å²) in [6, 6.07) is 0. The van der Waals surface area contributed by atoms with Crippen LogP contribution < -0.4 is 0 Å². The third-order valence-electron chi connectivity index (χ3n) is 15.9. The Morgan fingerprint density at radius 2 is 0.542 bits per heavy atom. The number of aliphatic hydroxyl groups excluding tert-OH is 1. The Morgan fingerprint density at radius 3 is 0.833 bits per heavy atom. The van der Waals surface area contributed by atoms with Crippen LogP contribution in [0.3, 0.4) is 0 Å². The van der Waals surface area contributed by atoms with Crippen LogP contribution in [-0.2, 0) is 65.4 Å². The smallest absolute Gasteiger partial charge is 0.462 e. The third-order valence-corrected chi connectivity index (χ3v) is 17.8. The van der Waals surface area contributed by atoms with Gasteiger partial charge in [-0.1, -0.05) is 286 Å². The van der Waals surface area contributed by atoms with Crippen molar-refractivity contribution in [3.63, 3.8) is 0 Å². The molecule has 0 aliphatic carbocycles. The number of ether oxygens (including phenoxy) is 4. The molecule has 19 heteroatoms. The van der Waals surface area contributed by atoms with Crippen molar-refractivity contribution < 1.29 is 80.2 Å². The normalized spacial score (nSPS) is 14.4. The second kappa shape index (κ2) is 69.7. The molecule has 0 spiro atoms. The van der Waals surface area contributed by atoms with Gasteiger partial charge in [-0.15, -0.1) is 0 Å². The highest BCUT2D eigenvalue weighted by atomic mass is 31.2. The fourth-order valence-electron chi connectivity index (χ4n) is 10.2. The van der Waals surface area contributed by atoms with Gasteiger partial charge >= 0.3 is 39.5 Å². The molecule has 556 valence electrons. The number of aliphatic hydroxyl groups is 1. The van der Waals surface area contributed by atoms with Crippen LogP contribution in [0.1, 0.15) is 323 Å². The number of carbonyl (C=O) groups is 4. The van der Waals surface area contributed by atoms with Crippen molar-refractivity contribution in [3.05, 3.63) is 85.1 Å². The predicted octanol–water partition coefficient (Wildman–Crippen LogP) is 21.4. The molecular formula is C77H136O17P2. The summed E-state index contributed by atoms with van der Waals surface area (Å²) in [5.74, 6) is -2.19. The summed E-state index contributed by atoms with van der Waals surface area (Å²) in [6.07, 6.45) is 70.1. The maximum absolute atomic E-state index is 13.0. The van der Waals surface area contributed by atoms with E-state index in [0.29, 0.717) is 25.7 Å². The van der Waals surface area contributed by atoms with E-state index in [1.807, 2.05) is 0 Å². The Kier molecular flexibility index (Phi) is 67.0. The highest BCUT2D eigenvalue weighted by Crippen LogP contribution is 2.45. The van der Waals surface area contributed by atoms with Gasteiger partial charge in [-0.3, -0.25) is 37.3 Å². The number of hydrogen-bond donors (Lipinski definition) is 3. The first-order valence-electron chi connectivity index (χ1n) is 37.8. The van der Waals surface area contributed by atoms with Gasteiger partial charge in [0.2, 0.25) is 0 Å². The molecule has 0 rings (SSSR count). The molecule has 0 fully saturated rings. The lowest BCUT2D eigenvalue weighted by Gasteiger charge is -2.21. The fraction of sp³-hybridized carbons (Fsp3) is 0.766. The van der Waals surface area contributed by atoms with Crippen LogP contribution in [0.15, 0.2) is 85.1 Å². The lowest BCUT2D eigenvalue weighted by atomic mass is 10.1. The van der Waals surface area contributed by atoms with Gasteiger partial charge in [0.15, 0.2) is 12.2 Å². The molecule has 3 N–H and O–H groups in total. The Bertz CT molecular complexity index is 2160. The highest BCUT2D eigenvalue weighted by molar-refractivity contribution is 7.47. The SMILES string of the molecule is CC/C=C\C/C=C\C/C=C\C/C=C\CCCCCCC(=O)OCC(COP(=O)(O)OCC(O)COP(=O)(O)OCC(COC(=O)CCCCCCCCC/C=C\C/C=C\C/C=C\CC)OC(=O)CCCCCCCCCCCCC)OC(=O)CCCCCCCCCCCCC. The zero-order chi connectivity index (χ0) is 70.4. The van der Waals surface area contributed by atoms with Gasteiger partial charge in [-0.25, -0.2) is 9.13 Å². The average Bonchev–Trinajstić information content (AvgIpc) is 1.21. The van der Waals surface area contributed by atoms with Crippen LogP contribution >= 0.6 is 15.6 Å². The van der Waals surface area contributed by atoms with Crippen molar-refractivity contribution in [1.29, 1.82) is 0 Å². The number of rotatable bonds is 71. The van der Waals surface area contributed by atoms with E-state index in [-0.39, 0.29) is 25.7 Å². The zero-order valence-electron chi connectivity index (χ0n) is 60.5. The van der Waals surface area contributed by atoms with Gasteiger partial charge in [0.25, 0.3) is 0 Å². The van der Waals surface area contributed by atoms with E-state index in [0.717, 1.165) is 167 Å². The molecular weight excluding hydrogens is 1260 g/mol. The van der Waals surface area contributed by atoms with Gasteiger partial charge in [0.1, 0.15) is 19.3 Å². The molecule has 5 atom stereocenters. The maximum Gasteiger partial charge on any atom is 0.472 e. The molecule has 0 aromatic heterocycles. The van der Waals surface area contributed by atoms with E-state index in [9.17, 15) is 43.2 Å². The van der Waals surface area contributed by atoms with Crippen LogP contribution in [0, 0.1) is 0 Å². The minimum Gasteiger partial charge on any atom is -0.462 e. The Morgan fingerprint density at radius 1 is 0.302 bits per heavy atom. The minimum atomic E-state index is -4.97. The number of unbranched alkanes of at least 4 members (excludes halogenated alkanes) is 31. The Hall–Kier alpha value is -3.76. The van der Waals surface area contributed by atoms with E-state index in [2.05, 4.69) is 113 Å². The zero-order valence-corrected chi connectivity index (χ0v) is 62.3. The topological polar surface area (TPSA) is 237 Å². The number of phosphoric acid groups is 2. The second-order valence-electron chi connectivity index (χ2n) is 25.2. The highest BCUT2D eigenvalue weighted by Gasteiger charge is 2.30. The fourth-order valence-corrected chi connectivity index (χ4v) is 11.7. The largest absolute Gasteiger partial charge is 0.472 e. The average molecular weight is 1400 g/mol. The molecule has 0 saturated heterocycles. The van der Waals surface area contributed by atoms with Gasteiger partial charge in [-0.2, -0.15) is 0 Å². The number of phosphoric ester groups is 2. The number of carbonyl (C=O) groups excluding carboxylic acids is 4. The van der Waals surface area contributed by atoms with Crippen molar-refractivity contribution in [3.8, 4) is 0 Å². The number of hydrogen-bond acceptors (Lipinski definition) is 15. The molecule has 0 amide bonds. The molecule has 0 aromatic rings. The van der Waals surface area contributed by atoms with Crippen molar-refractivity contribution in [1.82, 2.24) is 0 Å². The summed E-state index contributed by atoms with van der Waals surface area (Å²) in [5, 5.41) is 10.6. The van der Waals surface area contributed by atoms with Gasteiger partial charge in [0, 0.05) is 25.7 Å². The van der Waals surface area contributed by atoms with Crippen LogP contribution in [0.2, 0.25) is 0 Å². The predicted molar refractivity (Wildman–Crippen MR) is 390 cm³/mol. The minimum absolute atomic E-state index is 0.0930. The Balaban J connectivity index is 5.29. The van der Waals surface area contributed by atoms with Crippen molar-refractivity contribution in [2.75, 3.05) is 39.6 Å². The van der Waals surface area contributed by atoms with Crippen molar-refractivity contribution in [2.45, 2.75) is 341 Å². The summed E-state index contributed by atoms with van der Waals surface area (Å²) in [5.41, 5.74) is 0. The number of esters is 4. The first kappa shape index (κ1) is 92.2.